The second kappa shape index (κ2) is 10.6. The van der Waals surface area contributed by atoms with Crippen molar-refractivity contribution in [1.29, 1.82) is 0 Å². The van der Waals surface area contributed by atoms with E-state index in [1.807, 2.05) is 29.2 Å². The largest absolute Gasteiger partial charge is 0.495 e. The van der Waals surface area contributed by atoms with Gasteiger partial charge in [-0.1, -0.05) is 37.6 Å². The van der Waals surface area contributed by atoms with Crippen molar-refractivity contribution < 1.29 is 19.0 Å². The number of benzene rings is 2. The Balaban J connectivity index is 1.68. The quantitative estimate of drug-likeness (QED) is 0.586. The SMILES string of the molecule is COc1ccccc1N1CCN(C(=O)c2cc(Cl)c(OCCC(C)C)c(OC)c2)CC1. The fraction of sp³-hybridized carbons (Fsp3) is 0.458. The lowest BCUT2D eigenvalue weighted by Crippen LogP contribution is -2.48. The summed E-state index contributed by atoms with van der Waals surface area (Å²) >= 11 is 6.45. The van der Waals surface area contributed by atoms with Crippen LogP contribution in [0.4, 0.5) is 5.69 Å². The lowest BCUT2D eigenvalue weighted by atomic mass is 10.1. The molecular weight excluding hydrogens is 416 g/mol. The van der Waals surface area contributed by atoms with Crippen molar-refractivity contribution in [2.75, 3.05) is 51.9 Å². The van der Waals surface area contributed by atoms with Crippen molar-refractivity contribution >= 4 is 23.2 Å². The molecule has 0 atom stereocenters. The summed E-state index contributed by atoms with van der Waals surface area (Å²) in [6, 6.07) is 11.3. The molecule has 1 saturated heterocycles. The van der Waals surface area contributed by atoms with Crippen molar-refractivity contribution in [2.24, 2.45) is 5.92 Å². The van der Waals surface area contributed by atoms with Gasteiger partial charge in [0.15, 0.2) is 11.5 Å². The number of piperazine rings is 1. The minimum Gasteiger partial charge on any atom is -0.495 e. The Morgan fingerprint density at radius 2 is 1.71 bits per heavy atom. The van der Waals surface area contributed by atoms with Crippen LogP contribution < -0.4 is 19.1 Å². The third-order valence-corrected chi connectivity index (χ3v) is 5.69. The zero-order chi connectivity index (χ0) is 22.4. The van der Waals surface area contributed by atoms with Gasteiger partial charge in [-0.05, 0) is 36.6 Å². The predicted octanol–water partition coefficient (Wildman–Crippen LogP) is 4.74. The van der Waals surface area contributed by atoms with Gasteiger partial charge >= 0.3 is 0 Å². The Morgan fingerprint density at radius 3 is 2.35 bits per heavy atom. The van der Waals surface area contributed by atoms with Crippen molar-refractivity contribution in [2.45, 2.75) is 20.3 Å². The molecule has 0 radical (unpaired) electrons. The number of carbonyl (C=O) groups is 1. The van der Waals surface area contributed by atoms with Gasteiger partial charge in [0, 0.05) is 31.7 Å². The van der Waals surface area contributed by atoms with E-state index in [4.69, 9.17) is 25.8 Å². The highest BCUT2D eigenvalue weighted by atomic mass is 35.5. The van der Waals surface area contributed by atoms with Gasteiger partial charge in [-0.3, -0.25) is 4.79 Å². The molecule has 1 amide bonds. The summed E-state index contributed by atoms with van der Waals surface area (Å²) in [7, 11) is 3.23. The van der Waals surface area contributed by atoms with Crippen LogP contribution in [-0.2, 0) is 0 Å². The molecule has 0 aromatic heterocycles. The van der Waals surface area contributed by atoms with Crippen LogP contribution in [0.25, 0.3) is 0 Å². The first-order valence-electron chi connectivity index (χ1n) is 10.6. The molecule has 0 spiro atoms. The van der Waals surface area contributed by atoms with Crippen LogP contribution in [0.3, 0.4) is 0 Å². The number of methoxy groups -OCH3 is 2. The summed E-state index contributed by atoms with van der Waals surface area (Å²) in [5.74, 6) is 2.27. The average Bonchev–Trinajstić information content (AvgIpc) is 2.79. The van der Waals surface area contributed by atoms with E-state index in [1.165, 1.54) is 0 Å². The highest BCUT2D eigenvalue weighted by molar-refractivity contribution is 6.32. The number of amides is 1. The maximum atomic E-state index is 13.1. The zero-order valence-electron chi connectivity index (χ0n) is 18.7. The number of carbonyl (C=O) groups excluding carboxylic acids is 1. The molecule has 1 heterocycles. The first kappa shape index (κ1) is 23.1. The monoisotopic (exact) mass is 446 g/mol. The van der Waals surface area contributed by atoms with E-state index in [1.54, 1.807) is 26.4 Å². The van der Waals surface area contributed by atoms with Gasteiger partial charge in [-0.15, -0.1) is 0 Å². The van der Waals surface area contributed by atoms with Gasteiger partial charge in [-0.2, -0.15) is 0 Å². The lowest BCUT2D eigenvalue weighted by Gasteiger charge is -2.36. The number of anilines is 1. The summed E-state index contributed by atoms with van der Waals surface area (Å²) in [5.41, 5.74) is 1.55. The molecule has 2 aromatic rings. The van der Waals surface area contributed by atoms with Crippen molar-refractivity contribution in [1.82, 2.24) is 4.90 Å². The first-order valence-corrected chi connectivity index (χ1v) is 11.0. The second-order valence-corrected chi connectivity index (χ2v) is 8.38. The van der Waals surface area contributed by atoms with Gasteiger partial charge < -0.3 is 24.0 Å². The molecule has 0 saturated carbocycles. The zero-order valence-corrected chi connectivity index (χ0v) is 19.4. The van der Waals surface area contributed by atoms with E-state index in [2.05, 4.69) is 18.7 Å². The lowest BCUT2D eigenvalue weighted by molar-refractivity contribution is 0.0746. The van der Waals surface area contributed by atoms with E-state index in [-0.39, 0.29) is 5.91 Å². The molecule has 7 heteroatoms. The summed E-state index contributed by atoms with van der Waals surface area (Å²) in [6.45, 7) is 7.51. The Hall–Kier alpha value is -2.60. The summed E-state index contributed by atoms with van der Waals surface area (Å²) in [5, 5.41) is 0.388. The fourth-order valence-corrected chi connectivity index (χ4v) is 3.87. The molecule has 0 bridgehead atoms. The standard InChI is InChI=1S/C24H31ClN2O4/c1-17(2)9-14-31-23-19(25)15-18(16-22(23)30-4)24(28)27-12-10-26(11-13-27)20-7-5-6-8-21(20)29-3/h5-8,15-17H,9-14H2,1-4H3. The summed E-state index contributed by atoms with van der Waals surface area (Å²) in [6.07, 6.45) is 0.913. The normalized spacial score (nSPS) is 14.0. The van der Waals surface area contributed by atoms with Crippen molar-refractivity contribution in [3.63, 3.8) is 0 Å². The molecular formula is C24H31ClN2O4. The first-order chi connectivity index (χ1) is 14.9. The second-order valence-electron chi connectivity index (χ2n) is 7.97. The van der Waals surface area contributed by atoms with Gasteiger partial charge in [-0.25, -0.2) is 0 Å². The number of rotatable bonds is 8. The minimum absolute atomic E-state index is 0.0615. The third kappa shape index (κ3) is 5.56. The number of hydrogen-bond acceptors (Lipinski definition) is 5. The Labute approximate surface area is 189 Å². The Morgan fingerprint density at radius 1 is 1.03 bits per heavy atom. The van der Waals surface area contributed by atoms with Crippen LogP contribution in [0, 0.1) is 5.92 Å². The number of ether oxygens (including phenoxy) is 3. The van der Waals surface area contributed by atoms with Crippen molar-refractivity contribution in [3.8, 4) is 17.2 Å². The molecule has 1 aliphatic rings. The fourth-order valence-electron chi connectivity index (χ4n) is 3.60. The molecule has 3 rings (SSSR count). The van der Waals surface area contributed by atoms with Gasteiger partial charge in [0.05, 0.1) is 31.5 Å². The number of halogens is 1. The number of para-hydroxylation sites is 2. The molecule has 1 fully saturated rings. The number of hydrogen-bond donors (Lipinski definition) is 0. The van der Waals surface area contributed by atoms with E-state index >= 15 is 0 Å². The van der Waals surface area contributed by atoms with E-state index in [0.717, 1.165) is 30.9 Å². The molecule has 6 nitrogen and oxygen atoms in total. The third-order valence-electron chi connectivity index (χ3n) is 5.41. The molecule has 0 N–H and O–H groups in total. The molecule has 1 aliphatic heterocycles. The Bertz CT molecular complexity index is 895. The van der Waals surface area contributed by atoms with Gasteiger partial charge in [0.25, 0.3) is 5.91 Å². The van der Waals surface area contributed by atoms with Crippen LogP contribution in [0.1, 0.15) is 30.6 Å². The molecule has 168 valence electrons. The van der Waals surface area contributed by atoms with Crippen molar-refractivity contribution in [3.05, 3.63) is 47.0 Å². The highest BCUT2D eigenvalue weighted by Crippen LogP contribution is 2.37. The van der Waals surface area contributed by atoms with Crippen LogP contribution in [0.15, 0.2) is 36.4 Å². The molecule has 0 unspecified atom stereocenters. The topological polar surface area (TPSA) is 51.2 Å². The summed E-state index contributed by atoms with van der Waals surface area (Å²) in [4.78, 5) is 17.2. The summed E-state index contributed by atoms with van der Waals surface area (Å²) < 4.78 is 16.8. The Kier molecular flexibility index (Phi) is 7.91. The molecule has 0 aliphatic carbocycles. The average molecular weight is 447 g/mol. The number of nitrogens with zero attached hydrogens (tertiary/aromatic N) is 2. The predicted molar refractivity (Wildman–Crippen MR) is 124 cm³/mol. The van der Waals surface area contributed by atoms with E-state index in [0.29, 0.717) is 47.7 Å². The van der Waals surface area contributed by atoms with Crippen LogP contribution in [0.5, 0.6) is 17.2 Å². The van der Waals surface area contributed by atoms with Gasteiger partial charge in [0.1, 0.15) is 5.75 Å². The van der Waals surface area contributed by atoms with Crippen LogP contribution in [-0.4, -0.2) is 57.8 Å². The minimum atomic E-state index is -0.0615. The highest BCUT2D eigenvalue weighted by Gasteiger charge is 2.25. The van der Waals surface area contributed by atoms with E-state index in [9.17, 15) is 4.79 Å². The smallest absolute Gasteiger partial charge is 0.254 e. The maximum Gasteiger partial charge on any atom is 0.254 e. The van der Waals surface area contributed by atoms with E-state index < -0.39 is 0 Å². The van der Waals surface area contributed by atoms with Crippen LogP contribution in [0.2, 0.25) is 5.02 Å². The van der Waals surface area contributed by atoms with Gasteiger partial charge in [0.2, 0.25) is 0 Å². The molecule has 2 aromatic carbocycles. The van der Waals surface area contributed by atoms with Crippen LogP contribution >= 0.6 is 11.6 Å². The maximum absolute atomic E-state index is 13.1. The molecule has 31 heavy (non-hydrogen) atoms.